The molecule has 0 aliphatic heterocycles. The van der Waals surface area contributed by atoms with Gasteiger partial charge in [-0.05, 0) is 0 Å². The van der Waals surface area contributed by atoms with Gasteiger partial charge in [-0.15, -0.1) is 0 Å². The summed E-state index contributed by atoms with van der Waals surface area (Å²) >= 11 is 8.38. The Kier molecular flexibility index (Phi) is 14.1. The van der Waals surface area contributed by atoms with E-state index in [1.54, 1.807) is 0 Å². The van der Waals surface area contributed by atoms with Gasteiger partial charge >= 0.3 is 16.5 Å². The van der Waals surface area contributed by atoms with Gasteiger partial charge in [-0.1, -0.05) is 0 Å². The van der Waals surface area contributed by atoms with E-state index in [1.807, 2.05) is 0 Å². The molecule has 0 amide bonds. The van der Waals surface area contributed by atoms with Gasteiger partial charge in [0.2, 0.25) is 0 Å². The van der Waals surface area contributed by atoms with Gasteiger partial charge in [-0.3, -0.25) is 0 Å². The molecular formula is C4H10N8NiS2. The number of amidine groups is 2. The molecule has 0 bridgehead atoms. The predicted molar refractivity (Wildman–Crippen MR) is 61.8 cm³/mol. The summed E-state index contributed by atoms with van der Waals surface area (Å²) in [5.74, 6) is -0.333. The first-order chi connectivity index (χ1) is 6.25. The van der Waals surface area contributed by atoms with E-state index < -0.39 is 0 Å². The Balaban J connectivity index is -0.000000180. The van der Waals surface area contributed by atoms with Crippen LogP contribution in [0, 0.1) is 10.8 Å². The number of nitrogens with zero attached hydrogens (tertiary/aromatic N) is 2. The first-order valence-electron chi connectivity index (χ1n) is 2.96. The van der Waals surface area contributed by atoms with Crippen LogP contribution in [-0.2, 0) is 41.7 Å². The Labute approximate surface area is 108 Å². The van der Waals surface area contributed by atoms with E-state index in [1.165, 1.54) is 0 Å². The van der Waals surface area contributed by atoms with Crippen molar-refractivity contribution in [2.45, 2.75) is 0 Å². The summed E-state index contributed by atoms with van der Waals surface area (Å²) < 4.78 is 0. The van der Waals surface area contributed by atoms with Crippen LogP contribution in [0.2, 0.25) is 0 Å². The van der Waals surface area contributed by atoms with Crippen molar-refractivity contribution in [1.29, 1.82) is 10.8 Å². The maximum atomic E-state index is 6.49. The average molecular weight is 293 g/mol. The van der Waals surface area contributed by atoms with Crippen LogP contribution in [0.5, 0.6) is 0 Å². The second-order valence-electron chi connectivity index (χ2n) is 1.68. The van der Waals surface area contributed by atoms with Gasteiger partial charge in [-0.25, -0.2) is 9.98 Å². The molecular weight excluding hydrogens is 283 g/mol. The fourth-order valence-corrected chi connectivity index (χ4v) is 0.445. The van der Waals surface area contributed by atoms with Gasteiger partial charge in [-0.2, -0.15) is 0 Å². The van der Waals surface area contributed by atoms with Gasteiger partial charge in [0.05, 0.1) is 0 Å². The molecule has 0 saturated heterocycles. The molecule has 10 N–H and O–H groups in total. The zero-order valence-corrected chi connectivity index (χ0v) is 9.96. The van der Waals surface area contributed by atoms with Crippen LogP contribution in [0.3, 0.4) is 0 Å². The van der Waals surface area contributed by atoms with Crippen molar-refractivity contribution in [1.82, 2.24) is 0 Å². The molecule has 0 radical (unpaired) electrons. The predicted octanol–water partition coefficient (Wildman–Crippen LogP) is -2.52. The van der Waals surface area contributed by atoms with Crippen LogP contribution in [0.4, 0.5) is 0 Å². The molecule has 0 unspecified atom stereocenters. The molecule has 0 aromatic carbocycles. The van der Waals surface area contributed by atoms with Gasteiger partial charge in [0.25, 0.3) is 0 Å². The van der Waals surface area contributed by atoms with Crippen LogP contribution < -0.4 is 22.9 Å². The number of nitrogens with two attached hydrogens (primary N) is 4. The maximum Gasteiger partial charge on any atom is 2.00 e. The van der Waals surface area contributed by atoms with Crippen LogP contribution >= 0.6 is 0 Å². The zero-order chi connectivity index (χ0) is 11.7. The minimum Gasteiger partial charge on any atom is -0.741 e. The molecule has 88 valence electrons. The summed E-state index contributed by atoms with van der Waals surface area (Å²) in [6.07, 6.45) is 0. The summed E-state index contributed by atoms with van der Waals surface area (Å²) in [5.41, 5.74) is 19.3. The molecule has 0 atom stereocenters. The molecule has 0 saturated carbocycles. The minimum atomic E-state index is -0.292. The molecule has 0 aromatic rings. The van der Waals surface area contributed by atoms with Gasteiger partial charge in [0, 0.05) is 10.3 Å². The normalized spacial score (nSPS) is 6.93. The summed E-state index contributed by atoms with van der Waals surface area (Å²) in [4.78, 5) is 6.30. The number of aliphatic imine (C=N–C) groups is 2. The standard InChI is InChI=1S/2C2H6N4S.Ni/c2*3-1(4)6-2(5)7;/h2*(H6,3,4,5,6,7);/q;;+2/p-2. The van der Waals surface area contributed by atoms with Gasteiger partial charge in [0.15, 0.2) is 11.9 Å². The Morgan fingerprint density at radius 1 is 0.800 bits per heavy atom. The van der Waals surface area contributed by atoms with Crippen LogP contribution in [0.15, 0.2) is 9.98 Å². The topological polar surface area (TPSA) is 176 Å². The summed E-state index contributed by atoms with van der Waals surface area (Å²) in [7, 11) is 0. The molecule has 15 heavy (non-hydrogen) atoms. The summed E-state index contributed by atoms with van der Waals surface area (Å²) in [5, 5.41) is 12.4. The van der Waals surface area contributed by atoms with Gasteiger partial charge < -0.3 is 59.0 Å². The quantitative estimate of drug-likeness (QED) is 0.124. The molecule has 0 heterocycles. The average Bonchev–Trinajstić information content (AvgIpc) is 1.79. The van der Waals surface area contributed by atoms with E-state index >= 15 is 0 Å². The first-order valence-corrected chi connectivity index (χ1v) is 3.77. The van der Waals surface area contributed by atoms with E-state index in [0.717, 1.165) is 0 Å². The van der Waals surface area contributed by atoms with Crippen LogP contribution in [0.25, 0.3) is 0 Å². The van der Waals surface area contributed by atoms with Crippen molar-refractivity contribution in [3.63, 3.8) is 0 Å². The molecule has 0 spiro atoms. The summed E-state index contributed by atoms with van der Waals surface area (Å²) in [6, 6.07) is 0. The maximum absolute atomic E-state index is 6.49. The smallest absolute Gasteiger partial charge is 0.741 e. The SMILES string of the molecule is N=C([S-])N=C(N)N.N=C([S-])N=C(N)N.[Ni+2]. The largest absolute Gasteiger partial charge is 2.00 e. The Bertz CT molecular complexity index is 238. The monoisotopic (exact) mass is 292 g/mol. The number of hydrogen-bond donors (Lipinski definition) is 6. The van der Waals surface area contributed by atoms with E-state index in [4.69, 9.17) is 33.8 Å². The molecule has 8 nitrogen and oxygen atoms in total. The first kappa shape index (κ1) is 19.4. The third-order valence-corrected chi connectivity index (χ3v) is 0.644. The Hall–Kier alpha value is -1.19. The number of guanidine groups is 2. The Morgan fingerprint density at radius 3 is 1.00 bits per heavy atom. The van der Waals surface area contributed by atoms with E-state index in [2.05, 4.69) is 35.2 Å². The third-order valence-electron chi connectivity index (χ3n) is 0.461. The molecule has 0 rings (SSSR count). The van der Waals surface area contributed by atoms with Gasteiger partial charge in [0.1, 0.15) is 0 Å². The molecule has 0 aliphatic carbocycles. The third kappa shape index (κ3) is 32.3. The van der Waals surface area contributed by atoms with Crippen molar-refractivity contribution in [2.75, 3.05) is 0 Å². The van der Waals surface area contributed by atoms with Crippen molar-refractivity contribution in [3.8, 4) is 0 Å². The second-order valence-corrected chi connectivity index (χ2v) is 2.46. The molecule has 11 heteroatoms. The van der Waals surface area contributed by atoms with Crippen LogP contribution in [-0.4, -0.2) is 22.3 Å². The fraction of sp³-hybridized carbons (Fsp3) is 0. The number of hydrogen-bond acceptors (Lipinski definition) is 4. The summed E-state index contributed by atoms with van der Waals surface area (Å²) in [6.45, 7) is 0. The number of rotatable bonds is 0. The second kappa shape index (κ2) is 10.9. The fourth-order valence-electron chi connectivity index (χ4n) is 0.235. The van der Waals surface area contributed by atoms with E-state index in [-0.39, 0.29) is 38.7 Å². The van der Waals surface area contributed by atoms with Crippen molar-refractivity contribution >= 4 is 47.5 Å². The van der Waals surface area contributed by atoms with E-state index in [0.29, 0.717) is 0 Å². The zero-order valence-electron chi connectivity index (χ0n) is 7.34. The molecule has 0 fully saturated rings. The minimum absolute atomic E-state index is 0. The molecule has 0 aromatic heterocycles. The Morgan fingerprint density at radius 2 is 1.00 bits per heavy atom. The van der Waals surface area contributed by atoms with Crippen molar-refractivity contribution in [3.05, 3.63) is 0 Å². The van der Waals surface area contributed by atoms with Crippen molar-refractivity contribution in [2.24, 2.45) is 32.9 Å². The van der Waals surface area contributed by atoms with Crippen molar-refractivity contribution < 1.29 is 16.5 Å². The van der Waals surface area contributed by atoms with Crippen LogP contribution in [0.1, 0.15) is 0 Å². The number of nitrogens with one attached hydrogen (secondary N) is 2. The van der Waals surface area contributed by atoms with E-state index in [9.17, 15) is 0 Å². The molecule has 0 aliphatic rings.